The molecule has 0 saturated heterocycles. The summed E-state index contributed by atoms with van der Waals surface area (Å²) in [5.41, 5.74) is 4.41. The number of benzene rings is 2. The number of aliphatic hydroxyl groups is 1. The second-order valence-corrected chi connectivity index (χ2v) is 8.33. The summed E-state index contributed by atoms with van der Waals surface area (Å²) >= 11 is 2.01. The number of hydrogen-bond acceptors (Lipinski definition) is 5. The van der Waals surface area contributed by atoms with Crippen molar-refractivity contribution in [3.8, 4) is 0 Å². The van der Waals surface area contributed by atoms with Gasteiger partial charge in [0.15, 0.2) is 0 Å². The molecule has 2 aromatic heterocycles. The average molecular weight is 564 g/mol. The summed E-state index contributed by atoms with van der Waals surface area (Å²) in [4.78, 5) is 22.3. The zero-order valence-electron chi connectivity index (χ0n) is 17.2. The molecule has 4 aromatic rings. The molecule has 0 aliphatic carbocycles. The van der Waals surface area contributed by atoms with E-state index >= 15 is 0 Å². The molecule has 2 aromatic carbocycles. The Labute approximate surface area is 201 Å². The van der Waals surface area contributed by atoms with E-state index in [1.54, 1.807) is 47.3 Å². The molecule has 4 rings (SSSR count). The predicted octanol–water partition coefficient (Wildman–Crippen LogP) is 4.36. The number of rotatable bonds is 8. The Kier molecular flexibility index (Phi) is 7.16. The molecule has 1 amide bonds. The van der Waals surface area contributed by atoms with Crippen LogP contribution in [0.1, 0.15) is 16.1 Å². The molecule has 170 valence electrons. The summed E-state index contributed by atoms with van der Waals surface area (Å²) in [5.74, 6) is -1.45. The molecule has 3 N–H and O–H groups in total. The van der Waals surface area contributed by atoms with Crippen molar-refractivity contribution in [1.29, 1.82) is 0 Å². The van der Waals surface area contributed by atoms with Gasteiger partial charge in [-0.2, -0.15) is 0 Å². The van der Waals surface area contributed by atoms with Crippen molar-refractivity contribution in [2.45, 2.75) is 6.54 Å². The van der Waals surface area contributed by atoms with Gasteiger partial charge in [-0.1, -0.05) is 12.1 Å². The van der Waals surface area contributed by atoms with Gasteiger partial charge in [-0.3, -0.25) is 14.6 Å². The summed E-state index contributed by atoms with van der Waals surface area (Å²) in [7, 11) is 0. The number of aromatic nitrogens is 2. The first-order valence-corrected chi connectivity index (χ1v) is 11.0. The maximum atomic E-state index is 14.6. The third kappa shape index (κ3) is 5.13. The first-order valence-electron chi connectivity index (χ1n) is 9.93. The summed E-state index contributed by atoms with van der Waals surface area (Å²) in [6, 6.07) is 12.4. The maximum Gasteiger partial charge on any atom is 0.293 e. The van der Waals surface area contributed by atoms with Crippen molar-refractivity contribution in [2.75, 3.05) is 18.5 Å². The largest absolute Gasteiger partial charge is 0.394 e. The topological polar surface area (TPSA) is 88.4 Å². The highest BCUT2D eigenvalue weighted by atomic mass is 127. The van der Waals surface area contributed by atoms with Crippen LogP contribution in [0.4, 0.5) is 20.2 Å². The molecule has 7 nitrogen and oxygen atoms in total. The number of fused-ring (bicyclic) bond motifs is 1. The van der Waals surface area contributed by atoms with Gasteiger partial charge in [0.05, 0.1) is 30.1 Å². The lowest BCUT2D eigenvalue weighted by molar-refractivity contribution is 0.0163. The number of nitrogens with one attached hydrogen (secondary N) is 2. The number of hydrogen-bond donors (Lipinski definition) is 3. The van der Waals surface area contributed by atoms with Gasteiger partial charge >= 0.3 is 0 Å². The van der Waals surface area contributed by atoms with Crippen LogP contribution in [0, 0.1) is 15.2 Å². The first kappa shape index (κ1) is 23.1. The minimum Gasteiger partial charge on any atom is -0.394 e. The summed E-state index contributed by atoms with van der Waals surface area (Å²) in [6.07, 6.45) is 3.16. The van der Waals surface area contributed by atoms with E-state index in [0.29, 0.717) is 16.6 Å². The SMILES string of the molecule is O=C(NOCCO)c1c(Nc2ccc(I)cc2F)c2cnccc2n1Cc1ccc(F)cc1. The van der Waals surface area contributed by atoms with Crippen molar-refractivity contribution in [2.24, 2.45) is 0 Å². The Morgan fingerprint density at radius 3 is 2.67 bits per heavy atom. The molecule has 10 heteroatoms. The van der Waals surface area contributed by atoms with Gasteiger partial charge < -0.3 is 15.0 Å². The Bertz CT molecular complexity index is 1300. The predicted molar refractivity (Wildman–Crippen MR) is 128 cm³/mol. The van der Waals surface area contributed by atoms with Crippen molar-refractivity contribution in [1.82, 2.24) is 15.0 Å². The fraction of sp³-hybridized carbons (Fsp3) is 0.130. The van der Waals surface area contributed by atoms with Crippen molar-refractivity contribution in [3.63, 3.8) is 0 Å². The number of pyridine rings is 1. The number of anilines is 2. The van der Waals surface area contributed by atoms with Gasteiger partial charge in [0.2, 0.25) is 0 Å². The molecule has 0 spiro atoms. The van der Waals surface area contributed by atoms with E-state index in [2.05, 4.69) is 15.8 Å². The molecular formula is C23H19F2IN4O3. The van der Waals surface area contributed by atoms with E-state index in [0.717, 1.165) is 9.13 Å². The number of nitrogens with zero attached hydrogens (tertiary/aromatic N) is 2. The van der Waals surface area contributed by atoms with Crippen LogP contribution in [0.3, 0.4) is 0 Å². The Hall–Kier alpha value is -3.09. The molecule has 0 atom stereocenters. The van der Waals surface area contributed by atoms with Crippen molar-refractivity contribution in [3.05, 3.63) is 87.4 Å². The van der Waals surface area contributed by atoms with Crippen LogP contribution in [0.2, 0.25) is 0 Å². The maximum absolute atomic E-state index is 14.6. The molecule has 0 bridgehead atoms. The highest BCUT2D eigenvalue weighted by molar-refractivity contribution is 14.1. The van der Waals surface area contributed by atoms with E-state index in [1.165, 1.54) is 18.2 Å². The van der Waals surface area contributed by atoms with Crippen LogP contribution in [0.15, 0.2) is 60.9 Å². The molecule has 0 fully saturated rings. The van der Waals surface area contributed by atoms with Crippen LogP contribution in [-0.2, 0) is 11.4 Å². The zero-order valence-corrected chi connectivity index (χ0v) is 19.3. The van der Waals surface area contributed by atoms with Crippen LogP contribution >= 0.6 is 22.6 Å². The number of carbonyl (C=O) groups excluding carboxylic acids is 1. The fourth-order valence-electron chi connectivity index (χ4n) is 3.43. The molecule has 0 radical (unpaired) electrons. The Morgan fingerprint density at radius 1 is 1.15 bits per heavy atom. The van der Waals surface area contributed by atoms with Crippen LogP contribution in [0.25, 0.3) is 10.9 Å². The molecule has 33 heavy (non-hydrogen) atoms. The molecule has 0 saturated carbocycles. The first-order chi connectivity index (χ1) is 16.0. The van der Waals surface area contributed by atoms with Crippen LogP contribution < -0.4 is 10.8 Å². The lowest BCUT2D eigenvalue weighted by atomic mass is 10.2. The minimum atomic E-state index is -0.602. The fourth-order valence-corrected chi connectivity index (χ4v) is 3.89. The normalized spacial score (nSPS) is 11.0. The van der Waals surface area contributed by atoms with Crippen molar-refractivity contribution < 1.29 is 23.5 Å². The summed E-state index contributed by atoms with van der Waals surface area (Å²) in [6.45, 7) is -0.137. The lowest BCUT2D eigenvalue weighted by Crippen LogP contribution is -2.28. The zero-order chi connectivity index (χ0) is 23.4. The van der Waals surface area contributed by atoms with Gasteiger partial charge in [-0.15, -0.1) is 0 Å². The monoisotopic (exact) mass is 564 g/mol. The van der Waals surface area contributed by atoms with Gasteiger partial charge in [0, 0.05) is 27.9 Å². The Morgan fingerprint density at radius 2 is 1.94 bits per heavy atom. The quantitative estimate of drug-likeness (QED) is 0.168. The molecular weight excluding hydrogens is 545 g/mol. The molecule has 0 aliphatic heterocycles. The van der Waals surface area contributed by atoms with Gasteiger partial charge in [0.1, 0.15) is 17.3 Å². The van der Waals surface area contributed by atoms with Gasteiger partial charge in [-0.25, -0.2) is 14.3 Å². The third-order valence-electron chi connectivity index (χ3n) is 4.88. The number of aliphatic hydroxyl groups excluding tert-OH is 1. The van der Waals surface area contributed by atoms with Crippen molar-refractivity contribution >= 4 is 50.8 Å². The Balaban J connectivity index is 1.86. The average Bonchev–Trinajstić information content (AvgIpc) is 3.10. The minimum absolute atomic E-state index is 0.0972. The highest BCUT2D eigenvalue weighted by Gasteiger charge is 2.24. The van der Waals surface area contributed by atoms with Crippen LogP contribution in [0.5, 0.6) is 0 Å². The summed E-state index contributed by atoms with van der Waals surface area (Å²) < 4.78 is 30.5. The van der Waals surface area contributed by atoms with E-state index < -0.39 is 11.7 Å². The second-order valence-electron chi connectivity index (χ2n) is 7.08. The number of hydroxylamine groups is 1. The number of amides is 1. The third-order valence-corrected chi connectivity index (χ3v) is 5.55. The molecule has 2 heterocycles. The summed E-state index contributed by atoms with van der Waals surface area (Å²) in [5, 5.41) is 12.6. The van der Waals surface area contributed by atoms with Gasteiger partial charge in [-0.05, 0) is 64.6 Å². The lowest BCUT2D eigenvalue weighted by Gasteiger charge is -2.14. The van der Waals surface area contributed by atoms with E-state index in [9.17, 15) is 13.6 Å². The van der Waals surface area contributed by atoms with E-state index in [-0.39, 0.29) is 37.0 Å². The van der Waals surface area contributed by atoms with Crippen LogP contribution in [-0.4, -0.2) is 33.8 Å². The highest BCUT2D eigenvalue weighted by Crippen LogP contribution is 2.34. The van der Waals surface area contributed by atoms with E-state index in [4.69, 9.17) is 9.94 Å². The standard InChI is InChI=1S/C23H19F2IN4O3/c24-15-3-1-14(2-4-15)13-30-20-7-8-27-12-17(20)21(22(30)23(32)29-33-10-9-31)28-19-6-5-16(26)11-18(19)25/h1-8,11-12,28,31H,9-10,13H2,(H,29,32). The van der Waals surface area contributed by atoms with Gasteiger partial charge in [0.25, 0.3) is 5.91 Å². The molecule has 0 unspecified atom stereocenters. The number of carbonyl (C=O) groups is 1. The smallest absolute Gasteiger partial charge is 0.293 e. The second kappa shape index (κ2) is 10.2. The molecule has 0 aliphatic rings. The number of halogens is 3. The van der Waals surface area contributed by atoms with E-state index in [1.807, 2.05) is 22.6 Å².